The molecule has 0 radical (unpaired) electrons. The zero-order valence-electron chi connectivity index (χ0n) is 16.4. The largest absolute Gasteiger partial charge is 0.272 e. The molecule has 0 unspecified atom stereocenters. The van der Waals surface area contributed by atoms with E-state index in [2.05, 4.69) is 20.8 Å². The van der Waals surface area contributed by atoms with Crippen molar-refractivity contribution >= 4 is 45.1 Å². The fraction of sp³-hybridized carbons (Fsp3) is 0.0909. The van der Waals surface area contributed by atoms with E-state index in [1.165, 1.54) is 41.6 Å². The molecule has 0 atom stereocenters. The number of hydrogen-bond donors (Lipinski definition) is 2. The summed E-state index contributed by atoms with van der Waals surface area (Å²) >= 11 is 2.70. The van der Waals surface area contributed by atoms with Gasteiger partial charge in [0, 0.05) is 16.5 Å². The predicted octanol–water partition coefficient (Wildman–Crippen LogP) is 4.36. The predicted molar refractivity (Wildman–Crippen MR) is 120 cm³/mol. The maximum absolute atomic E-state index is 13.3. The Bertz CT molecular complexity index is 1240. The molecule has 2 amide bonds. The molecule has 0 fully saturated rings. The number of amides is 2. The van der Waals surface area contributed by atoms with E-state index in [-0.39, 0.29) is 23.4 Å². The Hall–Kier alpha value is -3.30. The molecule has 156 valence electrons. The van der Waals surface area contributed by atoms with E-state index < -0.39 is 0 Å². The number of fused-ring (bicyclic) bond motifs is 1. The van der Waals surface area contributed by atoms with Gasteiger partial charge in [0.05, 0.1) is 11.1 Å². The van der Waals surface area contributed by atoms with Crippen molar-refractivity contribution in [3.8, 4) is 11.1 Å². The Morgan fingerprint density at radius 3 is 2.52 bits per heavy atom. The average Bonchev–Trinajstić information content (AvgIpc) is 3.22. The summed E-state index contributed by atoms with van der Waals surface area (Å²) in [6.45, 7) is 1.93. The van der Waals surface area contributed by atoms with Gasteiger partial charge in [-0.05, 0) is 36.8 Å². The summed E-state index contributed by atoms with van der Waals surface area (Å²) in [5.41, 5.74) is 8.06. The summed E-state index contributed by atoms with van der Waals surface area (Å²) in [7, 11) is 0. The van der Waals surface area contributed by atoms with Gasteiger partial charge in [0.1, 0.15) is 22.0 Å². The number of aryl methyl sites for hydroxylation is 1. The van der Waals surface area contributed by atoms with Crippen molar-refractivity contribution in [2.24, 2.45) is 0 Å². The molecular formula is C22H17FN4O2S2. The Balaban J connectivity index is 1.43. The highest BCUT2D eigenvalue weighted by Crippen LogP contribution is 2.37. The number of hydrogen-bond acceptors (Lipinski definition) is 6. The van der Waals surface area contributed by atoms with Gasteiger partial charge in [0.15, 0.2) is 0 Å². The topological polar surface area (TPSA) is 84.0 Å². The lowest BCUT2D eigenvalue weighted by atomic mass is 10.1. The van der Waals surface area contributed by atoms with Gasteiger partial charge in [-0.2, -0.15) is 0 Å². The fourth-order valence-corrected chi connectivity index (χ4v) is 4.67. The van der Waals surface area contributed by atoms with Crippen LogP contribution in [0, 0.1) is 12.7 Å². The lowest BCUT2D eigenvalue weighted by Crippen LogP contribution is -2.42. The number of carbonyl (C=O) groups excluding carboxylic acids is 2. The number of aromatic nitrogens is 2. The summed E-state index contributed by atoms with van der Waals surface area (Å²) in [6.07, 6.45) is 1.45. The zero-order chi connectivity index (χ0) is 21.8. The third kappa shape index (κ3) is 4.89. The zero-order valence-corrected chi connectivity index (χ0v) is 18.0. The summed E-state index contributed by atoms with van der Waals surface area (Å²) in [5.74, 6) is -1.01. The van der Waals surface area contributed by atoms with Crippen LogP contribution in [0.3, 0.4) is 0 Å². The minimum atomic E-state index is -0.390. The van der Waals surface area contributed by atoms with Crippen LogP contribution in [0.4, 0.5) is 4.39 Å². The number of benzene rings is 2. The molecule has 0 spiro atoms. The maximum atomic E-state index is 13.3. The molecule has 2 aromatic carbocycles. The van der Waals surface area contributed by atoms with Crippen LogP contribution in [-0.4, -0.2) is 27.5 Å². The average molecular weight is 453 g/mol. The van der Waals surface area contributed by atoms with Gasteiger partial charge in [0.2, 0.25) is 5.91 Å². The first-order valence-electron chi connectivity index (χ1n) is 9.28. The SMILES string of the molecule is Cc1ccc(C(=O)NNC(=O)CSc2ncnc3scc(-c4ccc(F)cc4)c23)cc1. The van der Waals surface area contributed by atoms with Crippen molar-refractivity contribution in [2.45, 2.75) is 11.9 Å². The molecule has 0 aliphatic rings. The Labute approximate surface area is 185 Å². The van der Waals surface area contributed by atoms with E-state index >= 15 is 0 Å². The van der Waals surface area contributed by atoms with Gasteiger partial charge >= 0.3 is 0 Å². The first-order valence-corrected chi connectivity index (χ1v) is 11.1. The van der Waals surface area contributed by atoms with Crippen molar-refractivity contribution in [3.05, 3.63) is 77.2 Å². The van der Waals surface area contributed by atoms with Gasteiger partial charge < -0.3 is 0 Å². The first kappa shape index (κ1) is 21.0. The number of nitrogens with one attached hydrogen (secondary N) is 2. The normalized spacial score (nSPS) is 10.8. The van der Waals surface area contributed by atoms with E-state index in [9.17, 15) is 14.0 Å². The van der Waals surface area contributed by atoms with Gasteiger partial charge in [0.25, 0.3) is 5.91 Å². The minimum absolute atomic E-state index is 0.0546. The Kier molecular flexibility index (Phi) is 6.24. The second-order valence-corrected chi connectivity index (χ2v) is 8.49. The van der Waals surface area contributed by atoms with Crippen molar-refractivity contribution in [1.29, 1.82) is 0 Å². The number of nitrogens with zero attached hydrogens (tertiary/aromatic N) is 2. The molecule has 2 N–H and O–H groups in total. The molecule has 0 bridgehead atoms. The second-order valence-electron chi connectivity index (χ2n) is 6.67. The van der Waals surface area contributed by atoms with E-state index in [1.807, 2.05) is 24.4 Å². The van der Waals surface area contributed by atoms with Crippen molar-refractivity contribution < 1.29 is 14.0 Å². The minimum Gasteiger partial charge on any atom is -0.272 e. The molecule has 0 saturated heterocycles. The van der Waals surface area contributed by atoms with E-state index in [0.717, 1.165) is 26.9 Å². The van der Waals surface area contributed by atoms with Crippen molar-refractivity contribution in [2.75, 3.05) is 5.75 Å². The number of halogens is 1. The molecule has 9 heteroatoms. The highest BCUT2D eigenvalue weighted by Gasteiger charge is 2.15. The van der Waals surface area contributed by atoms with Crippen LogP contribution in [0.5, 0.6) is 0 Å². The van der Waals surface area contributed by atoms with Crippen LogP contribution in [0.1, 0.15) is 15.9 Å². The third-order valence-electron chi connectivity index (χ3n) is 4.46. The molecule has 2 heterocycles. The summed E-state index contributed by atoms with van der Waals surface area (Å²) in [5, 5.41) is 3.41. The standard InChI is InChI=1S/C22H17FN4O2S2/c1-13-2-4-15(5-3-13)20(29)27-26-18(28)11-31-22-19-17(10-30-21(19)24-12-25-22)14-6-8-16(23)9-7-14/h2-10,12H,11H2,1H3,(H,26,28)(H,27,29). The molecule has 0 saturated carbocycles. The molecule has 4 aromatic rings. The number of rotatable bonds is 5. The maximum Gasteiger partial charge on any atom is 0.269 e. The number of thiophene rings is 1. The van der Waals surface area contributed by atoms with Crippen LogP contribution in [0.15, 0.2) is 65.3 Å². The molecule has 6 nitrogen and oxygen atoms in total. The monoisotopic (exact) mass is 452 g/mol. The van der Waals surface area contributed by atoms with Crippen molar-refractivity contribution in [3.63, 3.8) is 0 Å². The fourth-order valence-electron chi connectivity index (χ4n) is 2.87. The smallest absolute Gasteiger partial charge is 0.269 e. The van der Waals surface area contributed by atoms with Gasteiger partial charge in [-0.25, -0.2) is 14.4 Å². The lowest BCUT2D eigenvalue weighted by molar-refractivity contribution is -0.119. The number of thioether (sulfide) groups is 1. The lowest BCUT2D eigenvalue weighted by Gasteiger charge is -2.08. The van der Waals surface area contributed by atoms with E-state index in [4.69, 9.17) is 0 Å². The van der Waals surface area contributed by atoms with Crippen molar-refractivity contribution in [1.82, 2.24) is 20.8 Å². The molecule has 31 heavy (non-hydrogen) atoms. The third-order valence-corrected chi connectivity index (χ3v) is 6.34. The Morgan fingerprint density at radius 1 is 1.03 bits per heavy atom. The highest BCUT2D eigenvalue weighted by atomic mass is 32.2. The van der Waals surface area contributed by atoms with Gasteiger partial charge in [-0.15, -0.1) is 11.3 Å². The second kappa shape index (κ2) is 9.23. The molecule has 0 aliphatic heterocycles. The molecule has 4 rings (SSSR count). The van der Waals surface area contributed by atoms with Crippen LogP contribution in [-0.2, 0) is 4.79 Å². The number of hydrazine groups is 1. The van der Waals surface area contributed by atoms with Gasteiger partial charge in [-0.3, -0.25) is 20.4 Å². The van der Waals surface area contributed by atoms with E-state index in [0.29, 0.717) is 10.6 Å². The van der Waals surface area contributed by atoms with Crippen LogP contribution in [0.25, 0.3) is 21.3 Å². The van der Waals surface area contributed by atoms with Gasteiger partial charge in [-0.1, -0.05) is 41.6 Å². The number of carbonyl (C=O) groups is 2. The first-order chi connectivity index (χ1) is 15.0. The molecular weight excluding hydrogens is 435 g/mol. The van der Waals surface area contributed by atoms with E-state index in [1.54, 1.807) is 24.3 Å². The Morgan fingerprint density at radius 2 is 1.77 bits per heavy atom. The highest BCUT2D eigenvalue weighted by molar-refractivity contribution is 8.00. The quantitative estimate of drug-likeness (QED) is 0.267. The molecule has 0 aliphatic carbocycles. The van der Waals surface area contributed by atoms with Crippen LogP contribution >= 0.6 is 23.1 Å². The summed E-state index contributed by atoms with van der Waals surface area (Å²) < 4.78 is 13.3. The molecule has 2 aromatic heterocycles. The van der Waals surface area contributed by atoms with Crippen LogP contribution in [0.2, 0.25) is 0 Å². The summed E-state index contributed by atoms with van der Waals surface area (Å²) in [6, 6.07) is 13.2. The van der Waals surface area contributed by atoms with Crippen LogP contribution < -0.4 is 10.9 Å². The summed E-state index contributed by atoms with van der Waals surface area (Å²) in [4.78, 5) is 33.8.